The predicted octanol–water partition coefficient (Wildman–Crippen LogP) is 3.44. The van der Waals surface area contributed by atoms with E-state index < -0.39 is 0 Å². The molecule has 3 N–H and O–H groups in total. The molecule has 0 bridgehead atoms. The van der Waals surface area contributed by atoms with Crippen LogP contribution in [0, 0.1) is 0 Å². The van der Waals surface area contributed by atoms with Gasteiger partial charge in [-0.15, -0.1) is 0 Å². The fraction of sp³-hybridized carbons (Fsp3) is 0.263. The first-order valence-electron chi connectivity index (χ1n) is 7.89. The van der Waals surface area contributed by atoms with E-state index in [2.05, 4.69) is 12.2 Å². The Balaban J connectivity index is 1.91. The molecule has 2 rings (SSSR count). The first kappa shape index (κ1) is 17.5. The molecule has 1 amide bonds. The van der Waals surface area contributed by atoms with Crippen LogP contribution in [-0.2, 0) is 11.2 Å². The Morgan fingerprint density at radius 3 is 2.42 bits per heavy atom. The Morgan fingerprint density at radius 1 is 1.08 bits per heavy atom. The van der Waals surface area contributed by atoms with Crippen LogP contribution in [0.15, 0.2) is 42.5 Å². The van der Waals surface area contributed by atoms with Gasteiger partial charge in [0.1, 0.15) is 5.75 Å². The van der Waals surface area contributed by atoms with E-state index in [9.17, 15) is 9.59 Å². The van der Waals surface area contributed by atoms with Crippen LogP contribution >= 0.6 is 0 Å². The van der Waals surface area contributed by atoms with Gasteiger partial charge in [0.2, 0.25) is 5.91 Å². The zero-order valence-corrected chi connectivity index (χ0v) is 14.0. The standard InChI is InChI=1S/C19H22N2O3/c1-3-13-4-6-14(7-5-13)18(22)10-11-19(23)21-17-12-15(24-2)8-9-16(17)20/h4-9,12H,3,10-11,20H2,1-2H3,(H,21,23). The number of hydrogen-bond donors (Lipinski definition) is 2. The molecule has 0 aromatic heterocycles. The third kappa shape index (κ3) is 4.59. The summed E-state index contributed by atoms with van der Waals surface area (Å²) in [7, 11) is 1.54. The first-order valence-corrected chi connectivity index (χ1v) is 7.89. The summed E-state index contributed by atoms with van der Waals surface area (Å²) >= 11 is 0. The number of rotatable bonds is 7. The first-order chi connectivity index (χ1) is 11.5. The Morgan fingerprint density at radius 2 is 1.79 bits per heavy atom. The van der Waals surface area contributed by atoms with E-state index in [0.717, 1.165) is 6.42 Å². The minimum absolute atomic E-state index is 0.0496. The van der Waals surface area contributed by atoms with Gasteiger partial charge in [0.05, 0.1) is 18.5 Å². The maximum atomic E-state index is 12.1. The summed E-state index contributed by atoms with van der Waals surface area (Å²) in [6.45, 7) is 2.06. The van der Waals surface area contributed by atoms with Crippen molar-refractivity contribution in [1.82, 2.24) is 0 Å². The van der Waals surface area contributed by atoms with Crippen molar-refractivity contribution in [3.8, 4) is 5.75 Å². The van der Waals surface area contributed by atoms with E-state index >= 15 is 0 Å². The molecule has 5 nitrogen and oxygen atoms in total. The topological polar surface area (TPSA) is 81.4 Å². The van der Waals surface area contributed by atoms with E-state index in [4.69, 9.17) is 10.5 Å². The molecule has 0 saturated carbocycles. The lowest BCUT2D eigenvalue weighted by Crippen LogP contribution is -2.14. The molecule has 0 radical (unpaired) electrons. The molecule has 0 heterocycles. The molecular weight excluding hydrogens is 304 g/mol. The summed E-state index contributed by atoms with van der Waals surface area (Å²) in [5, 5.41) is 2.71. The maximum absolute atomic E-state index is 12.1. The number of nitrogens with two attached hydrogens (primary N) is 1. The average molecular weight is 326 g/mol. The predicted molar refractivity (Wildman–Crippen MR) is 95.4 cm³/mol. The summed E-state index contributed by atoms with van der Waals surface area (Å²) in [6, 6.07) is 12.5. The Labute approximate surface area is 141 Å². The monoisotopic (exact) mass is 326 g/mol. The Kier molecular flexibility index (Phi) is 5.95. The summed E-state index contributed by atoms with van der Waals surface area (Å²) < 4.78 is 5.11. The van der Waals surface area contributed by atoms with Gasteiger partial charge in [0.15, 0.2) is 5.78 Å². The summed E-state index contributed by atoms with van der Waals surface area (Å²) in [5.74, 6) is 0.298. The van der Waals surface area contributed by atoms with Crippen molar-refractivity contribution >= 4 is 23.1 Å². The van der Waals surface area contributed by atoms with Gasteiger partial charge in [0, 0.05) is 24.5 Å². The van der Waals surface area contributed by atoms with E-state index in [-0.39, 0.29) is 24.5 Å². The third-order valence-electron chi connectivity index (χ3n) is 3.80. The van der Waals surface area contributed by atoms with E-state index in [1.807, 2.05) is 12.1 Å². The molecule has 2 aromatic carbocycles. The fourth-order valence-corrected chi connectivity index (χ4v) is 2.28. The number of methoxy groups -OCH3 is 1. The van der Waals surface area contributed by atoms with Crippen molar-refractivity contribution in [3.63, 3.8) is 0 Å². The number of carbonyl (C=O) groups is 2. The smallest absolute Gasteiger partial charge is 0.224 e. The number of nitrogens with one attached hydrogen (secondary N) is 1. The number of hydrogen-bond acceptors (Lipinski definition) is 4. The van der Waals surface area contributed by atoms with Crippen molar-refractivity contribution in [2.24, 2.45) is 0 Å². The number of carbonyl (C=O) groups excluding carboxylic acids is 2. The molecule has 0 fully saturated rings. The van der Waals surface area contributed by atoms with Crippen LogP contribution in [0.3, 0.4) is 0 Å². The van der Waals surface area contributed by atoms with Gasteiger partial charge in [-0.3, -0.25) is 9.59 Å². The van der Waals surface area contributed by atoms with Gasteiger partial charge in [-0.25, -0.2) is 0 Å². The second kappa shape index (κ2) is 8.15. The van der Waals surface area contributed by atoms with Crippen LogP contribution < -0.4 is 15.8 Å². The zero-order chi connectivity index (χ0) is 17.5. The summed E-state index contributed by atoms with van der Waals surface area (Å²) in [4.78, 5) is 24.2. The lowest BCUT2D eigenvalue weighted by molar-refractivity contribution is -0.116. The molecule has 2 aromatic rings. The van der Waals surface area contributed by atoms with Crippen LogP contribution in [0.2, 0.25) is 0 Å². The number of Topliss-reactive ketones (excluding diaryl/α,β-unsaturated/α-hetero) is 1. The number of ketones is 1. The van der Waals surface area contributed by atoms with Crippen molar-refractivity contribution in [2.75, 3.05) is 18.2 Å². The quantitative estimate of drug-likeness (QED) is 0.603. The van der Waals surface area contributed by atoms with Crippen LogP contribution in [0.4, 0.5) is 11.4 Å². The highest BCUT2D eigenvalue weighted by Crippen LogP contribution is 2.24. The summed E-state index contributed by atoms with van der Waals surface area (Å²) in [5.41, 5.74) is 8.57. The molecular formula is C19H22N2O3. The molecule has 24 heavy (non-hydrogen) atoms. The molecule has 5 heteroatoms. The van der Waals surface area contributed by atoms with Crippen LogP contribution in [0.5, 0.6) is 5.75 Å². The van der Waals surface area contributed by atoms with E-state index in [1.165, 1.54) is 5.56 Å². The van der Waals surface area contributed by atoms with Crippen molar-refractivity contribution in [1.29, 1.82) is 0 Å². The minimum Gasteiger partial charge on any atom is -0.497 e. The Hall–Kier alpha value is -2.82. The highest BCUT2D eigenvalue weighted by molar-refractivity contribution is 6.00. The number of benzene rings is 2. The molecule has 0 aliphatic carbocycles. The molecule has 0 aliphatic heterocycles. The number of nitrogen functional groups attached to an aromatic ring is 1. The second-order valence-corrected chi connectivity index (χ2v) is 5.48. The van der Waals surface area contributed by atoms with E-state index in [0.29, 0.717) is 22.7 Å². The fourth-order valence-electron chi connectivity index (χ4n) is 2.28. The minimum atomic E-state index is -0.256. The number of aryl methyl sites for hydroxylation is 1. The second-order valence-electron chi connectivity index (χ2n) is 5.48. The van der Waals surface area contributed by atoms with Crippen LogP contribution in [0.25, 0.3) is 0 Å². The SMILES string of the molecule is CCc1ccc(C(=O)CCC(=O)Nc2cc(OC)ccc2N)cc1. The molecule has 0 spiro atoms. The Bertz CT molecular complexity index is 724. The zero-order valence-electron chi connectivity index (χ0n) is 14.0. The van der Waals surface area contributed by atoms with Crippen molar-refractivity contribution in [2.45, 2.75) is 26.2 Å². The van der Waals surface area contributed by atoms with Gasteiger partial charge in [-0.1, -0.05) is 31.2 Å². The van der Waals surface area contributed by atoms with E-state index in [1.54, 1.807) is 37.4 Å². The molecule has 126 valence electrons. The normalized spacial score (nSPS) is 10.2. The van der Waals surface area contributed by atoms with Gasteiger partial charge >= 0.3 is 0 Å². The highest BCUT2D eigenvalue weighted by Gasteiger charge is 2.11. The van der Waals surface area contributed by atoms with Gasteiger partial charge in [-0.05, 0) is 24.1 Å². The lowest BCUT2D eigenvalue weighted by atomic mass is 10.0. The maximum Gasteiger partial charge on any atom is 0.224 e. The molecule has 0 saturated heterocycles. The third-order valence-corrected chi connectivity index (χ3v) is 3.80. The number of ether oxygens (including phenoxy) is 1. The highest BCUT2D eigenvalue weighted by atomic mass is 16.5. The molecule has 0 unspecified atom stereocenters. The van der Waals surface area contributed by atoms with Crippen molar-refractivity contribution in [3.05, 3.63) is 53.6 Å². The molecule has 0 atom stereocenters. The van der Waals surface area contributed by atoms with Gasteiger partial charge < -0.3 is 15.8 Å². The van der Waals surface area contributed by atoms with Gasteiger partial charge in [-0.2, -0.15) is 0 Å². The number of amides is 1. The van der Waals surface area contributed by atoms with Crippen molar-refractivity contribution < 1.29 is 14.3 Å². The number of anilines is 2. The largest absolute Gasteiger partial charge is 0.497 e. The van der Waals surface area contributed by atoms with Gasteiger partial charge in [0.25, 0.3) is 0 Å². The average Bonchev–Trinajstić information content (AvgIpc) is 2.61. The summed E-state index contributed by atoms with van der Waals surface area (Å²) in [6.07, 6.45) is 1.19. The molecule has 0 aliphatic rings. The van der Waals surface area contributed by atoms with Crippen LogP contribution in [0.1, 0.15) is 35.7 Å². The lowest BCUT2D eigenvalue weighted by Gasteiger charge is -2.10. The van der Waals surface area contributed by atoms with Crippen LogP contribution in [-0.4, -0.2) is 18.8 Å².